The Morgan fingerprint density at radius 3 is 2.26 bits per heavy atom. The monoisotopic (exact) mass is 694 g/mol. The van der Waals surface area contributed by atoms with E-state index in [1.165, 1.54) is 0 Å². The number of carbonyl (C=O) groups is 2. The quantitative estimate of drug-likeness (QED) is 0.155. The highest BCUT2D eigenvalue weighted by Gasteiger charge is 2.38. The molecule has 268 valence electrons. The number of aliphatic hydroxyl groups is 2. The lowest BCUT2D eigenvalue weighted by Gasteiger charge is -2.34. The number of alkyl halides is 3. The highest BCUT2D eigenvalue weighted by atomic mass is 32.2. The van der Waals surface area contributed by atoms with E-state index in [4.69, 9.17) is 9.47 Å². The summed E-state index contributed by atoms with van der Waals surface area (Å²) in [6.07, 6.45) is -4.82. The minimum atomic E-state index is -4.86. The van der Waals surface area contributed by atoms with Crippen LogP contribution in [-0.4, -0.2) is 104 Å². The molecule has 2 aliphatic rings. The lowest BCUT2D eigenvalue weighted by molar-refractivity contribution is -0.192. The second-order valence-electron chi connectivity index (χ2n) is 12.7. The standard InChI is InChI=1S/C31H49F3N4O8S/c1-21(2)17-26(39)27(40)24(18-22-9-5-3-6-10-22)35-29(42)30(46-20-31(32,33)34)36-28(41)25(19-23-11-7-4-8-12-23)37-47(43,44)38-13-15-45-16-14-38/h4,7-8,11-12,21-22,24-27,30,37,39-40H,3,5-6,9-10,13-20H2,1-2H3,(H,35,42)(H,36,41)/t24-,25-,26-,27+,30-/m0/s1. The Hall–Kier alpha value is -2.34. The highest BCUT2D eigenvalue weighted by Crippen LogP contribution is 2.29. The molecule has 1 saturated heterocycles. The Kier molecular flexibility index (Phi) is 15.3. The van der Waals surface area contributed by atoms with E-state index >= 15 is 0 Å². The molecule has 1 aliphatic carbocycles. The Bertz CT molecular complexity index is 1210. The van der Waals surface area contributed by atoms with Gasteiger partial charge in [-0.25, -0.2) is 0 Å². The third-order valence-electron chi connectivity index (χ3n) is 8.28. The first-order chi connectivity index (χ1) is 22.1. The van der Waals surface area contributed by atoms with E-state index in [0.29, 0.717) is 5.56 Å². The average Bonchev–Trinajstić information content (AvgIpc) is 3.02. The van der Waals surface area contributed by atoms with Crippen LogP contribution in [0.15, 0.2) is 30.3 Å². The number of halogens is 3. The minimum Gasteiger partial charge on any atom is -0.390 e. The summed E-state index contributed by atoms with van der Waals surface area (Å²) in [4.78, 5) is 27.1. The summed E-state index contributed by atoms with van der Waals surface area (Å²) >= 11 is 0. The van der Waals surface area contributed by atoms with E-state index in [1.54, 1.807) is 30.3 Å². The van der Waals surface area contributed by atoms with Crippen molar-refractivity contribution in [3.05, 3.63) is 35.9 Å². The second kappa shape index (κ2) is 18.4. The number of hydrogen-bond acceptors (Lipinski definition) is 8. The van der Waals surface area contributed by atoms with Crippen LogP contribution in [0.3, 0.4) is 0 Å². The van der Waals surface area contributed by atoms with Crippen molar-refractivity contribution in [3.63, 3.8) is 0 Å². The molecule has 2 fully saturated rings. The number of ether oxygens (including phenoxy) is 2. The van der Waals surface area contributed by atoms with Crippen LogP contribution in [0.1, 0.15) is 64.4 Å². The molecule has 0 spiro atoms. The molecule has 1 saturated carbocycles. The molecule has 2 amide bonds. The van der Waals surface area contributed by atoms with E-state index in [2.05, 4.69) is 15.4 Å². The van der Waals surface area contributed by atoms with Gasteiger partial charge in [-0.1, -0.05) is 76.3 Å². The Balaban J connectivity index is 1.85. The lowest BCUT2D eigenvalue weighted by Crippen LogP contribution is -2.60. The van der Waals surface area contributed by atoms with E-state index in [1.807, 2.05) is 13.8 Å². The predicted octanol–water partition coefficient (Wildman–Crippen LogP) is 2.01. The van der Waals surface area contributed by atoms with Crippen LogP contribution in [0.2, 0.25) is 0 Å². The number of amides is 2. The van der Waals surface area contributed by atoms with Crippen LogP contribution in [0.25, 0.3) is 0 Å². The third kappa shape index (κ3) is 13.6. The number of hydrogen-bond donors (Lipinski definition) is 5. The fraction of sp³-hybridized carbons (Fsp3) is 0.742. The van der Waals surface area contributed by atoms with Gasteiger partial charge in [-0.05, 0) is 36.7 Å². The maximum absolute atomic E-state index is 13.6. The predicted molar refractivity (Wildman–Crippen MR) is 167 cm³/mol. The van der Waals surface area contributed by atoms with Gasteiger partial charge in [0.25, 0.3) is 16.1 Å². The van der Waals surface area contributed by atoms with Crippen LogP contribution in [0, 0.1) is 11.8 Å². The maximum atomic E-state index is 13.6. The summed E-state index contributed by atoms with van der Waals surface area (Å²) in [5, 5.41) is 26.5. The molecular formula is C31H49F3N4O8S. The molecule has 0 unspecified atom stereocenters. The number of nitrogens with zero attached hydrogens (tertiary/aromatic N) is 1. The van der Waals surface area contributed by atoms with Gasteiger partial charge in [0.2, 0.25) is 12.1 Å². The number of carbonyl (C=O) groups excluding carboxylic acids is 2. The van der Waals surface area contributed by atoms with Crippen molar-refractivity contribution in [2.45, 2.75) is 102 Å². The molecule has 1 aliphatic heterocycles. The van der Waals surface area contributed by atoms with E-state index in [-0.39, 0.29) is 57.4 Å². The van der Waals surface area contributed by atoms with Gasteiger partial charge in [-0.2, -0.15) is 30.6 Å². The van der Waals surface area contributed by atoms with Crippen LogP contribution >= 0.6 is 0 Å². The largest absolute Gasteiger partial charge is 0.411 e. The summed E-state index contributed by atoms with van der Waals surface area (Å²) in [6.45, 7) is 2.15. The minimum absolute atomic E-state index is 0.00984. The molecule has 47 heavy (non-hydrogen) atoms. The van der Waals surface area contributed by atoms with Crippen LogP contribution in [0.4, 0.5) is 13.2 Å². The van der Waals surface area contributed by atoms with Crippen LogP contribution in [0.5, 0.6) is 0 Å². The first-order valence-corrected chi connectivity index (χ1v) is 17.6. The van der Waals surface area contributed by atoms with Gasteiger partial charge in [-0.3, -0.25) is 9.59 Å². The molecule has 0 aromatic heterocycles. The lowest BCUT2D eigenvalue weighted by atomic mass is 9.82. The topological polar surface area (TPSA) is 167 Å². The number of benzene rings is 1. The van der Waals surface area contributed by atoms with Crippen molar-refractivity contribution in [3.8, 4) is 0 Å². The zero-order valence-electron chi connectivity index (χ0n) is 27.0. The molecule has 12 nitrogen and oxygen atoms in total. The van der Waals surface area contributed by atoms with Crippen molar-refractivity contribution in [2.24, 2.45) is 11.8 Å². The number of nitrogens with one attached hydrogen (secondary N) is 3. The molecule has 16 heteroatoms. The maximum Gasteiger partial charge on any atom is 0.411 e. The molecule has 3 rings (SSSR count). The first kappa shape index (κ1) is 39.1. The molecule has 1 aromatic carbocycles. The zero-order chi connectivity index (χ0) is 34.6. The van der Waals surface area contributed by atoms with Crippen LogP contribution in [-0.2, 0) is 35.7 Å². The van der Waals surface area contributed by atoms with Gasteiger partial charge in [0.15, 0.2) is 0 Å². The molecule has 5 N–H and O–H groups in total. The smallest absolute Gasteiger partial charge is 0.390 e. The summed E-state index contributed by atoms with van der Waals surface area (Å²) in [7, 11) is -4.25. The molecule has 1 aromatic rings. The summed E-state index contributed by atoms with van der Waals surface area (Å²) in [5.74, 6) is -2.16. The first-order valence-electron chi connectivity index (χ1n) is 16.2. The molecular weight excluding hydrogens is 645 g/mol. The van der Waals surface area contributed by atoms with Gasteiger partial charge in [0.05, 0.1) is 25.4 Å². The van der Waals surface area contributed by atoms with Gasteiger partial charge in [0, 0.05) is 13.1 Å². The molecule has 0 radical (unpaired) electrons. The van der Waals surface area contributed by atoms with Crippen molar-refractivity contribution < 1.29 is 50.9 Å². The van der Waals surface area contributed by atoms with Gasteiger partial charge in [-0.15, -0.1) is 0 Å². The van der Waals surface area contributed by atoms with Crippen molar-refractivity contribution in [2.75, 3.05) is 32.9 Å². The normalized spacial score (nSPS) is 20.3. The van der Waals surface area contributed by atoms with E-state index in [0.717, 1.165) is 36.4 Å². The van der Waals surface area contributed by atoms with Gasteiger partial charge in [0.1, 0.15) is 18.8 Å². The second-order valence-corrected chi connectivity index (χ2v) is 14.4. The third-order valence-corrected chi connectivity index (χ3v) is 9.91. The highest BCUT2D eigenvalue weighted by molar-refractivity contribution is 7.87. The molecule has 0 bridgehead atoms. The van der Waals surface area contributed by atoms with Gasteiger partial charge < -0.3 is 30.3 Å². The Labute approximate surface area is 274 Å². The van der Waals surface area contributed by atoms with Gasteiger partial charge >= 0.3 is 6.18 Å². The molecule has 1 heterocycles. The Morgan fingerprint density at radius 2 is 1.66 bits per heavy atom. The Morgan fingerprint density at radius 1 is 1.02 bits per heavy atom. The SMILES string of the molecule is CC(C)C[C@H](O)[C@H](O)[C@H](CC1CCCCC1)NC(=O)[C@@H](NC(=O)[C@H](Cc1ccccc1)NS(=O)(=O)N1CCOCC1)OCC(F)(F)F. The van der Waals surface area contributed by atoms with E-state index in [9.17, 15) is 41.4 Å². The summed E-state index contributed by atoms with van der Waals surface area (Å²) < 4.78 is 79.7. The van der Waals surface area contributed by atoms with E-state index < -0.39 is 65.3 Å². The molecule has 5 atom stereocenters. The average molecular weight is 695 g/mol. The van der Waals surface area contributed by atoms with Crippen molar-refractivity contribution >= 4 is 22.0 Å². The fourth-order valence-corrected chi connectivity index (χ4v) is 7.21. The number of aliphatic hydroxyl groups excluding tert-OH is 2. The van der Waals surface area contributed by atoms with Crippen LogP contribution < -0.4 is 15.4 Å². The summed E-state index contributed by atoms with van der Waals surface area (Å²) in [6, 6.07) is 5.78. The summed E-state index contributed by atoms with van der Waals surface area (Å²) in [5.41, 5.74) is 0.546. The number of rotatable bonds is 17. The van der Waals surface area contributed by atoms with Crippen molar-refractivity contribution in [1.29, 1.82) is 0 Å². The number of morpholine rings is 1. The fourth-order valence-electron chi connectivity index (χ4n) is 5.88. The zero-order valence-corrected chi connectivity index (χ0v) is 27.8. The van der Waals surface area contributed by atoms with Crippen molar-refractivity contribution in [1.82, 2.24) is 19.7 Å².